The van der Waals surface area contributed by atoms with Crippen molar-refractivity contribution in [1.29, 1.82) is 5.26 Å². The summed E-state index contributed by atoms with van der Waals surface area (Å²) in [4.78, 5) is 14.2. The number of aromatic nitrogens is 1. The molecule has 0 unspecified atom stereocenters. The number of hydrogen-bond donors (Lipinski definition) is 0. The highest BCUT2D eigenvalue weighted by Crippen LogP contribution is 2.30. The Morgan fingerprint density at radius 3 is 2.68 bits per heavy atom. The first-order valence-electron chi connectivity index (χ1n) is 5.09. The molecule has 94 valence electrons. The minimum absolute atomic E-state index is 0.286. The molecule has 2 rings (SSSR count). The molecule has 1 aromatic heterocycles. The van der Waals surface area contributed by atoms with Gasteiger partial charge >= 0.3 is 5.69 Å². The van der Waals surface area contributed by atoms with E-state index in [1.807, 2.05) is 0 Å². The maximum absolute atomic E-state index is 13.4. The third-order valence-corrected chi connectivity index (χ3v) is 3.19. The molecule has 0 bridgehead atoms. The van der Waals surface area contributed by atoms with Crippen LogP contribution in [0.25, 0.3) is 0 Å². The molecule has 1 heterocycles. The van der Waals surface area contributed by atoms with Crippen molar-refractivity contribution < 1.29 is 9.31 Å². The topological polar surface area (TPSA) is 79.8 Å². The lowest BCUT2D eigenvalue weighted by atomic mass is 10.3. The highest BCUT2D eigenvalue weighted by atomic mass is 32.2. The van der Waals surface area contributed by atoms with Crippen LogP contribution in [0.5, 0.6) is 0 Å². The summed E-state index contributed by atoms with van der Waals surface area (Å²) in [7, 11) is 0. The van der Waals surface area contributed by atoms with Crippen LogP contribution in [0.15, 0.2) is 46.3 Å². The Kier molecular flexibility index (Phi) is 3.73. The van der Waals surface area contributed by atoms with Crippen molar-refractivity contribution in [2.75, 3.05) is 0 Å². The fourth-order valence-corrected chi connectivity index (χ4v) is 2.17. The van der Waals surface area contributed by atoms with Gasteiger partial charge in [0.1, 0.15) is 16.9 Å². The number of benzene rings is 1. The monoisotopic (exact) mass is 275 g/mol. The molecule has 1 aromatic carbocycles. The van der Waals surface area contributed by atoms with Crippen LogP contribution in [0, 0.1) is 27.3 Å². The molecule has 2 aromatic rings. The molecule has 0 saturated heterocycles. The van der Waals surface area contributed by atoms with Gasteiger partial charge in [0, 0.05) is 11.0 Å². The Morgan fingerprint density at radius 1 is 1.32 bits per heavy atom. The number of pyridine rings is 1. The molecule has 0 atom stereocenters. The van der Waals surface area contributed by atoms with Gasteiger partial charge in [-0.1, -0.05) is 23.9 Å². The van der Waals surface area contributed by atoms with Crippen molar-refractivity contribution >= 4 is 17.4 Å². The second kappa shape index (κ2) is 5.46. The smallest absolute Gasteiger partial charge is 0.258 e. The Hall–Kier alpha value is -2.46. The molecule has 0 saturated carbocycles. The second-order valence-corrected chi connectivity index (χ2v) is 4.48. The van der Waals surface area contributed by atoms with E-state index in [2.05, 4.69) is 4.98 Å². The first-order valence-corrected chi connectivity index (χ1v) is 5.91. The van der Waals surface area contributed by atoms with Gasteiger partial charge in [-0.2, -0.15) is 5.26 Å². The number of nitro groups is 1. The Morgan fingerprint density at radius 2 is 2.05 bits per heavy atom. The third kappa shape index (κ3) is 2.86. The zero-order valence-corrected chi connectivity index (χ0v) is 10.2. The van der Waals surface area contributed by atoms with Gasteiger partial charge < -0.3 is 0 Å². The zero-order chi connectivity index (χ0) is 13.8. The normalized spacial score (nSPS) is 9.89. The van der Waals surface area contributed by atoms with Crippen LogP contribution in [0.3, 0.4) is 0 Å². The number of halogens is 1. The lowest BCUT2D eigenvalue weighted by Gasteiger charge is -2.02. The first-order chi connectivity index (χ1) is 9.11. The average Bonchev–Trinajstić information content (AvgIpc) is 2.41. The Labute approximate surface area is 111 Å². The fraction of sp³-hybridized carbons (Fsp3) is 0. The van der Waals surface area contributed by atoms with Crippen LogP contribution >= 0.6 is 11.8 Å². The second-order valence-electron chi connectivity index (χ2n) is 3.42. The summed E-state index contributed by atoms with van der Waals surface area (Å²) in [5.41, 5.74) is -0.647. The van der Waals surface area contributed by atoms with E-state index < -0.39 is 10.7 Å². The highest BCUT2D eigenvalue weighted by molar-refractivity contribution is 7.99. The molecule has 0 amide bonds. The average molecular weight is 275 g/mol. The maximum Gasteiger partial charge on any atom is 0.305 e. The largest absolute Gasteiger partial charge is 0.305 e. The molecular weight excluding hydrogens is 269 g/mol. The number of nitriles is 1. The van der Waals surface area contributed by atoms with E-state index in [0.29, 0.717) is 9.92 Å². The van der Waals surface area contributed by atoms with Crippen molar-refractivity contribution in [3.8, 4) is 6.07 Å². The highest BCUT2D eigenvalue weighted by Gasteiger charge is 2.16. The minimum Gasteiger partial charge on any atom is -0.258 e. The summed E-state index contributed by atoms with van der Waals surface area (Å²) in [6.07, 6.45) is 0. The number of nitrogens with zero attached hydrogens (tertiary/aromatic N) is 3. The van der Waals surface area contributed by atoms with Crippen molar-refractivity contribution in [2.45, 2.75) is 9.92 Å². The van der Waals surface area contributed by atoms with Crippen molar-refractivity contribution in [3.63, 3.8) is 0 Å². The summed E-state index contributed by atoms with van der Waals surface area (Å²) in [5.74, 6) is -0.411. The number of rotatable bonds is 3. The van der Waals surface area contributed by atoms with Crippen molar-refractivity contribution in [3.05, 3.63) is 58.0 Å². The minimum atomic E-state index is -0.677. The van der Waals surface area contributed by atoms with Crippen LogP contribution in [0.2, 0.25) is 0 Å². The SMILES string of the molecule is N#Cc1nc(Sc2ccccc2F)ccc1[N+](=O)[O-]. The first kappa shape index (κ1) is 13.0. The van der Waals surface area contributed by atoms with E-state index in [-0.39, 0.29) is 11.4 Å². The lowest BCUT2D eigenvalue weighted by Crippen LogP contribution is -1.96. The van der Waals surface area contributed by atoms with Crippen LogP contribution < -0.4 is 0 Å². The summed E-state index contributed by atoms with van der Waals surface area (Å²) < 4.78 is 13.4. The molecule has 0 aliphatic heterocycles. The van der Waals surface area contributed by atoms with Crippen LogP contribution in [-0.2, 0) is 0 Å². The molecule has 0 radical (unpaired) electrons. The van der Waals surface area contributed by atoms with Gasteiger partial charge in [-0.15, -0.1) is 0 Å². The third-order valence-electron chi connectivity index (χ3n) is 2.20. The van der Waals surface area contributed by atoms with Gasteiger partial charge in [-0.25, -0.2) is 9.37 Å². The molecule has 0 spiro atoms. The summed E-state index contributed by atoms with van der Waals surface area (Å²) in [6, 6.07) is 10.3. The van der Waals surface area contributed by atoms with Crippen molar-refractivity contribution in [2.24, 2.45) is 0 Å². The zero-order valence-electron chi connectivity index (χ0n) is 9.41. The van der Waals surface area contributed by atoms with Gasteiger partial charge in [0.05, 0.1) is 4.92 Å². The quantitative estimate of drug-likeness (QED) is 0.635. The Bertz CT molecular complexity index is 685. The summed E-state index contributed by atoms with van der Waals surface area (Å²) in [5, 5.41) is 19.8. The van der Waals surface area contributed by atoms with Gasteiger partial charge in [0.2, 0.25) is 5.69 Å². The molecule has 0 N–H and O–H groups in total. The predicted molar refractivity (Wildman–Crippen MR) is 66.1 cm³/mol. The lowest BCUT2D eigenvalue weighted by molar-refractivity contribution is -0.385. The number of hydrogen-bond acceptors (Lipinski definition) is 5. The molecular formula is C12H6FN3O2S. The standard InChI is InChI=1S/C12H6FN3O2S/c13-8-3-1-2-4-11(8)19-12-6-5-10(16(17)18)9(7-14)15-12/h1-6H. The molecule has 19 heavy (non-hydrogen) atoms. The molecule has 0 aliphatic carbocycles. The molecule has 0 fully saturated rings. The van der Waals surface area contributed by atoms with Gasteiger partial charge in [-0.3, -0.25) is 10.1 Å². The van der Waals surface area contributed by atoms with E-state index >= 15 is 0 Å². The molecule has 0 aliphatic rings. The molecule has 7 heteroatoms. The van der Waals surface area contributed by atoms with Gasteiger partial charge in [0.25, 0.3) is 0 Å². The molecule has 5 nitrogen and oxygen atoms in total. The fourth-order valence-electron chi connectivity index (χ4n) is 1.36. The van der Waals surface area contributed by atoms with Crippen LogP contribution in [0.4, 0.5) is 10.1 Å². The van der Waals surface area contributed by atoms with E-state index in [0.717, 1.165) is 11.8 Å². The van der Waals surface area contributed by atoms with Gasteiger partial charge in [0.15, 0.2) is 0 Å². The van der Waals surface area contributed by atoms with Crippen molar-refractivity contribution in [1.82, 2.24) is 4.98 Å². The van der Waals surface area contributed by atoms with Gasteiger partial charge in [-0.05, 0) is 18.2 Å². The maximum atomic E-state index is 13.4. The van der Waals surface area contributed by atoms with E-state index in [9.17, 15) is 14.5 Å². The predicted octanol–water partition coefficient (Wildman–Crippen LogP) is 3.15. The summed E-state index contributed by atoms with van der Waals surface area (Å²) in [6.45, 7) is 0. The summed E-state index contributed by atoms with van der Waals surface area (Å²) >= 11 is 1.00. The van der Waals surface area contributed by atoms with E-state index in [4.69, 9.17) is 5.26 Å². The Balaban J connectivity index is 2.36. The van der Waals surface area contributed by atoms with Crippen LogP contribution in [0.1, 0.15) is 5.69 Å². The van der Waals surface area contributed by atoms with E-state index in [1.165, 1.54) is 18.2 Å². The van der Waals surface area contributed by atoms with E-state index in [1.54, 1.807) is 24.3 Å². The van der Waals surface area contributed by atoms with Crippen LogP contribution in [-0.4, -0.2) is 9.91 Å².